The third-order valence-corrected chi connectivity index (χ3v) is 2.64. The third-order valence-electron chi connectivity index (χ3n) is 2.64. The van der Waals surface area contributed by atoms with Crippen LogP contribution < -0.4 is 10.5 Å². The molecule has 2 N–H and O–H groups in total. The van der Waals surface area contributed by atoms with E-state index in [0.717, 1.165) is 12.1 Å². The summed E-state index contributed by atoms with van der Waals surface area (Å²) < 4.78 is 44.8. The highest BCUT2D eigenvalue weighted by molar-refractivity contribution is 5.27. The van der Waals surface area contributed by atoms with E-state index in [9.17, 15) is 13.2 Å². The second kappa shape index (κ2) is 5.75. The van der Waals surface area contributed by atoms with E-state index in [0.29, 0.717) is 0 Å². The van der Waals surface area contributed by atoms with Gasteiger partial charge in [0.15, 0.2) is 11.6 Å². The number of nitrogens with two attached hydrogens (primary N) is 1. The Bertz CT molecular complexity index is 574. The summed E-state index contributed by atoms with van der Waals surface area (Å²) in [7, 11) is 0. The molecule has 1 atom stereocenters. The monoisotopic (exact) mass is 267 g/mol. The maximum absolute atomic E-state index is 13.6. The summed E-state index contributed by atoms with van der Waals surface area (Å²) in [6.07, 6.45) is -0.758. The Morgan fingerprint density at radius 3 is 2.32 bits per heavy atom. The van der Waals surface area contributed by atoms with Crippen LogP contribution in [-0.4, -0.2) is 6.54 Å². The second-order valence-corrected chi connectivity index (χ2v) is 3.94. The van der Waals surface area contributed by atoms with Crippen molar-refractivity contribution >= 4 is 0 Å². The summed E-state index contributed by atoms with van der Waals surface area (Å²) >= 11 is 0. The van der Waals surface area contributed by atoms with Crippen molar-refractivity contribution < 1.29 is 17.9 Å². The molecule has 0 saturated carbocycles. The fourth-order valence-electron chi connectivity index (χ4n) is 1.69. The first-order chi connectivity index (χ1) is 9.11. The van der Waals surface area contributed by atoms with E-state index < -0.39 is 23.6 Å². The molecule has 0 aliphatic rings. The first kappa shape index (κ1) is 13.4. The molecule has 2 rings (SSSR count). The van der Waals surface area contributed by atoms with Gasteiger partial charge in [-0.25, -0.2) is 13.2 Å². The number of ether oxygens (including phenoxy) is 1. The van der Waals surface area contributed by atoms with E-state index in [4.69, 9.17) is 10.5 Å². The van der Waals surface area contributed by atoms with Crippen LogP contribution in [0.5, 0.6) is 5.75 Å². The number of halogens is 3. The number of benzene rings is 2. The zero-order valence-electron chi connectivity index (χ0n) is 9.95. The molecule has 0 heterocycles. The lowest BCUT2D eigenvalue weighted by Crippen LogP contribution is -2.19. The SMILES string of the molecule is NCC(Oc1ccc(F)c(F)c1)c1ccccc1F. The normalized spacial score (nSPS) is 12.2. The lowest BCUT2D eigenvalue weighted by atomic mass is 10.1. The Morgan fingerprint density at radius 2 is 1.68 bits per heavy atom. The van der Waals surface area contributed by atoms with Crippen LogP contribution in [0.25, 0.3) is 0 Å². The molecule has 0 fully saturated rings. The molecular weight excluding hydrogens is 255 g/mol. The van der Waals surface area contributed by atoms with Crippen LogP contribution in [0.4, 0.5) is 13.2 Å². The van der Waals surface area contributed by atoms with Crippen molar-refractivity contribution in [1.29, 1.82) is 0 Å². The molecule has 2 aromatic rings. The zero-order valence-corrected chi connectivity index (χ0v) is 9.95. The standard InChI is InChI=1S/C14H12F3NO/c15-11-4-2-1-3-10(11)14(8-18)19-9-5-6-12(16)13(17)7-9/h1-7,14H,8,18H2. The number of rotatable bonds is 4. The van der Waals surface area contributed by atoms with Crippen molar-refractivity contribution in [3.05, 3.63) is 65.5 Å². The van der Waals surface area contributed by atoms with E-state index in [2.05, 4.69) is 0 Å². The molecule has 0 aromatic heterocycles. The maximum atomic E-state index is 13.6. The van der Waals surface area contributed by atoms with Gasteiger partial charge in [-0.3, -0.25) is 0 Å². The van der Waals surface area contributed by atoms with E-state index in [1.807, 2.05) is 0 Å². The van der Waals surface area contributed by atoms with E-state index in [-0.39, 0.29) is 17.9 Å². The predicted octanol–water partition coefficient (Wildman–Crippen LogP) is 3.18. The third kappa shape index (κ3) is 3.06. The maximum Gasteiger partial charge on any atom is 0.162 e. The van der Waals surface area contributed by atoms with Crippen LogP contribution >= 0.6 is 0 Å². The van der Waals surface area contributed by atoms with Gasteiger partial charge in [-0.1, -0.05) is 18.2 Å². The van der Waals surface area contributed by atoms with Gasteiger partial charge >= 0.3 is 0 Å². The second-order valence-electron chi connectivity index (χ2n) is 3.94. The van der Waals surface area contributed by atoms with Gasteiger partial charge in [-0.2, -0.15) is 0 Å². The Balaban J connectivity index is 2.24. The molecule has 0 aliphatic heterocycles. The topological polar surface area (TPSA) is 35.2 Å². The highest BCUT2D eigenvalue weighted by atomic mass is 19.2. The minimum atomic E-state index is -1.03. The average molecular weight is 267 g/mol. The summed E-state index contributed by atoms with van der Waals surface area (Å²) in [5.74, 6) is -2.36. The average Bonchev–Trinajstić information content (AvgIpc) is 2.41. The van der Waals surface area contributed by atoms with Crippen molar-refractivity contribution in [1.82, 2.24) is 0 Å². The minimum Gasteiger partial charge on any atom is -0.484 e. The van der Waals surface area contributed by atoms with Crippen LogP contribution in [0.15, 0.2) is 42.5 Å². The fraction of sp³-hybridized carbons (Fsp3) is 0.143. The highest BCUT2D eigenvalue weighted by Gasteiger charge is 2.16. The summed E-state index contributed by atoms with van der Waals surface area (Å²) in [5, 5.41) is 0. The van der Waals surface area contributed by atoms with Crippen LogP contribution in [0.3, 0.4) is 0 Å². The lowest BCUT2D eigenvalue weighted by molar-refractivity contribution is 0.207. The van der Waals surface area contributed by atoms with E-state index in [1.54, 1.807) is 12.1 Å². The Labute approximate surface area is 108 Å². The lowest BCUT2D eigenvalue weighted by Gasteiger charge is -2.18. The molecule has 1 unspecified atom stereocenters. The largest absolute Gasteiger partial charge is 0.484 e. The van der Waals surface area contributed by atoms with Crippen LogP contribution in [0, 0.1) is 17.5 Å². The number of hydrogen-bond acceptors (Lipinski definition) is 2. The van der Waals surface area contributed by atoms with E-state index in [1.165, 1.54) is 18.2 Å². The van der Waals surface area contributed by atoms with Crippen LogP contribution in [0.2, 0.25) is 0 Å². The van der Waals surface area contributed by atoms with Crippen molar-refractivity contribution in [2.75, 3.05) is 6.54 Å². The van der Waals surface area contributed by atoms with Gasteiger partial charge in [0.25, 0.3) is 0 Å². The molecule has 100 valence electrons. The zero-order chi connectivity index (χ0) is 13.8. The molecule has 0 aliphatic carbocycles. The first-order valence-corrected chi connectivity index (χ1v) is 5.68. The molecule has 2 nitrogen and oxygen atoms in total. The molecule has 0 amide bonds. The number of hydrogen-bond donors (Lipinski definition) is 1. The van der Waals surface area contributed by atoms with Gasteiger partial charge in [0.1, 0.15) is 17.7 Å². The molecule has 2 aromatic carbocycles. The van der Waals surface area contributed by atoms with Crippen molar-refractivity contribution in [3.8, 4) is 5.75 Å². The Hall–Kier alpha value is -2.01. The molecule has 5 heteroatoms. The van der Waals surface area contributed by atoms with Gasteiger partial charge in [-0.15, -0.1) is 0 Å². The summed E-state index contributed by atoms with van der Waals surface area (Å²) in [5.41, 5.74) is 5.80. The quantitative estimate of drug-likeness (QED) is 0.923. The molecule has 0 saturated heterocycles. The van der Waals surface area contributed by atoms with Crippen molar-refractivity contribution in [2.24, 2.45) is 5.73 Å². The van der Waals surface area contributed by atoms with Crippen LogP contribution in [0.1, 0.15) is 11.7 Å². The van der Waals surface area contributed by atoms with Gasteiger partial charge < -0.3 is 10.5 Å². The van der Waals surface area contributed by atoms with Crippen molar-refractivity contribution in [3.63, 3.8) is 0 Å². The smallest absolute Gasteiger partial charge is 0.162 e. The minimum absolute atomic E-state index is 0.0138. The van der Waals surface area contributed by atoms with Gasteiger partial charge in [0.2, 0.25) is 0 Å². The van der Waals surface area contributed by atoms with Crippen molar-refractivity contribution in [2.45, 2.75) is 6.10 Å². The summed E-state index contributed by atoms with van der Waals surface area (Å²) in [6.45, 7) is 0.0138. The van der Waals surface area contributed by atoms with Gasteiger partial charge in [0.05, 0.1) is 0 Å². The first-order valence-electron chi connectivity index (χ1n) is 5.68. The summed E-state index contributed by atoms with van der Waals surface area (Å²) in [4.78, 5) is 0. The van der Waals surface area contributed by atoms with Gasteiger partial charge in [0, 0.05) is 18.2 Å². The summed E-state index contributed by atoms with van der Waals surface area (Å²) in [6, 6.07) is 9.12. The molecule has 0 bridgehead atoms. The highest BCUT2D eigenvalue weighted by Crippen LogP contribution is 2.24. The Morgan fingerprint density at radius 1 is 0.947 bits per heavy atom. The molecule has 0 spiro atoms. The molecule has 0 radical (unpaired) electrons. The molecule has 19 heavy (non-hydrogen) atoms. The Kier molecular flexibility index (Phi) is 4.06. The fourth-order valence-corrected chi connectivity index (χ4v) is 1.69. The molecular formula is C14H12F3NO. The van der Waals surface area contributed by atoms with Crippen LogP contribution in [-0.2, 0) is 0 Å². The van der Waals surface area contributed by atoms with Gasteiger partial charge in [-0.05, 0) is 18.2 Å². The predicted molar refractivity (Wildman–Crippen MR) is 65.2 cm³/mol. The van der Waals surface area contributed by atoms with E-state index >= 15 is 0 Å².